The average molecular weight is 312 g/mol. The van der Waals surface area contributed by atoms with Crippen molar-refractivity contribution in [2.75, 3.05) is 6.54 Å². The van der Waals surface area contributed by atoms with Crippen LogP contribution in [0.25, 0.3) is 27.8 Å². The molecule has 24 heavy (non-hydrogen) atoms. The number of nitrogens with zero attached hydrogens (tertiary/aromatic N) is 1. The van der Waals surface area contributed by atoms with Crippen molar-refractivity contribution in [3.05, 3.63) is 90.8 Å². The van der Waals surface area contributed by atoms with E-state index >= 15 is 0 Å². The average Bonchev–Trinajstić information content (AvgIpc) is 3.02. The van der Waals surface area contributed by atoms with E-state index in [4.69, 9.17) is 5.73 Å². The minimum atomic E-state index is 0.649. The Morgan fingerprint density at radius 3 is 2.12 bits per heavy atom. The summed E-state index contributed by atoms with van der Waals surface area (Å²) in [6.07, 6.45) is 2.98. The van der Waals surface area contributed by atoms with Gasteiger partial charge in [0.05, 0.1) is 0 Å². The zero-order valence-electron chi connectivity index (χ0n) is 13.5. The first-order chi connectivity index (χ1) is 11.9. The number of nitrogens with two attached hydrogens (primary N) is 1. The zero-order valence-corrected chi connectivity index (χ0v) is 13.5. The van der Waals surface area contributed by atoms with Gasteiger partial charge in [0.1, 0.15) is 0 Å². The van der Waals surface area contributed by atoms with Crippen LogP contribution in [0.1, 0.15) is 5.69 Å². The summed E-state index contributed by atoms with van der Waals surface area (Å²) >= 11 is 0. The Kier molecular flexibility index (Phi) is 3.89. The third kappa shape index (κ3) is 2.61. The molecule has 2 nitrogen and oxygen atoms in total. The number of aromatic nitrogens is 1. The third-order valence-electron chi connectivity index (χ3n) is 4.47. The predicted molar refractivity (Wildman–Crippen MR) is 101 cm³/mol. The highest BCUT2D eigenvalue weighted by atomic mass is 14.9. The van der Waals surface area contributed by atoms with Crippen molar-refractivity contribution in [1.82, 2.24) is 4.40 Å². The van der Waals surface area contributed by atoms with Gasteiger partial charge in [-0.25, -0.2) is 0 Å². The molecule has 4 rings (SSSR count). The van der Waals surface area contributed by atoms with E-state index in [1.165, 1.54) is 33.5 Å². The second kappa shape index (κ2) is 6.34. The smallest absolute Gasteiger partial charge is 0.0459 e. The SMILES string of the molecule is NCCc1c(-c2ccc(-c3ccccc3)cc2)cc2ccccn12. The van der Waals surface area contributed by atoms with Gasteiger partial charge in [-0.15, -0.1) is 0 Å². The predicted octanol–water partition coefficient (Wildman–Crippen LogP) is 4.77. The normalized spacial score (nSPS) is 11.0. The van der Waals surface area contributed by atoms with Crippen molar-refractivity contribution >= 4 is 5.52 Å². The molecular weight excluding hydrogens is 292 g/mol. The molecule has 0 spiro atoms. The molecule has 0 atom stereocenters. The van der Waals surface area contributed by atoms with Crippen LogP contribution in [0, 0.1) is 0 Å². The number of benzene rings is 2. The summed E-state index contributed by atoms with van der Waals surface area (Å²) in [5, 5.41) is 0. The Balaban J connectivity index is 1.79. The van der Waals surface area contributed by atoms with Crippen LogP contribution < -0.4 is 5.73 Å². The first kappa shape index (κ1) is 14.7. The van der Waals surface area contributed by atoms with Gasteiger partial charge in [-0.1, -0.05) is 60.7 Å². The van der Waals surface area contributed by atoms with Crippen molar-refractivity contribution in [3.63, 3.8) is 0 Å². The minimum Gasteiger partial charge on any atom is -0.330 e. The van der Waals surface area contributed by atoms with E-state index in [0.29, 0.717) is 6.54 Å². The van der Waals surface area contributed by atoms with E-state index in [0.717, 1.165) is 6.42 Å². The van der Waals surface area contributed by atoms with E-state index < -0.39 is 0 Å². The van der Waals surface area contributed by atoms with Crippen LogP contribution in [-0.2, 0) is 6.42 Å². The first-order valence-corrected chi connectivity index (χ1v) is 8.32. The van der Waals surface area contributed by atoms with Crippen molar-refractivity contribution in [1.29, 1.82) is 0 Å². The second-order valence-corrected chi connectivity index (χ2v) is 5.98. The Bertz CT molecular complexity index is 950. The molecule has 0 unspecified atom stereocenters. The summed E-state index contributed by atoms with van der Waals surface area (Å²) in [5.41, 5.74) is 13.3. The highest BCUT2D eigenvalue weighted by molar-refractivity contribution is 5.76. The molecule has 0 amide bonds. The van der Waals surface area contributed by atoms with Gasteiger partial charge in [0.25, 0.3) is 0 Å². The first-order valence-electron chi connectivity index (χ1n) is 8.32. The molecule has 118 valence electrons. The molecule has 2 heteroatoms. The molecule has 2 aromatic heterocycles. The molecule has 2 heterocycles. The van der Waals surface area contributed by atoms with Gasteiger partial charge in [-0.3, -0.25) is 0 Å². The van der Waals surface area contributed by atoms with E-state index in [1.807, 2.05) is 6.07 Å². The van der Waals surface area contributed by atoms with E-state index in [9.17, 15) is 0 Å². The van der Waals surface area contributed by atoms with Crippen LogP contribution in [0.5, 0.6) is 0 Å². The monoisotopic (exact) mass is 312 g/mol. The van der Waals surface area contributed by atoms with Crippen LogP contribution in [0.3, 0.4) is 0 Å². The summed E-state index contributed by atoms with van der Waals surface area (Å²) in [6.45, 7) is 0.649. The molecule has 0 aliphatic heterocycles. The van der Waals surface area contributed by atoms with Gasteiger partial charge in [0.2, 0.25) is 0 Å². The Morgan fingerprint density at radius 2 is 1.38 bits per heavy atom. The van der Waals surface area contributed by atoms with Crippen molar-refractivity contribution in [2.45, 2.75) is 6.42 Å². The van der Waals surface area contributed by atoms with Crippen LogP contribution in [0.2, 0.25) is 0 Å². The molecule has 0 saturated heterocycles. The van der Waals surface area contributed by atoms with Crippen molar-refractivity contribution < 1.29 is 0 Å². The summed E-state index contributed by atoms with van der Waals surface area (Å²) < 4.78 is 2.24. The Hall–Kier alpha value is -2.84. The lowest BCUT2D eigenvalue weighted by Gasteiger charge is -2.07. The van der Waals surface area contributed by atoms with E-state index in [2.05, 4.69) is 83.4 Å². The van der Waals surface area contributed by atoms with E-state index in [-0.39, 0.29) is 0 Å². The maximum atomic E-state index is 5.84. The topological polar surface area (TPSA) is 30.4 Å². The number of rotatable bonds is 4. The summed E-state index contributed by atoms with van der Waals surface area (Å²) in [6, 6.07) is 27.8. The molecular formula is C22H20N2. The summed E-state index contributed by atoms with van der Waals surface area (Å²) in [4.78, 5) is 0. The van der Waals surface area contributed by atoms with E-state index in [1.54, 1.807) is 0 Å². The fourth-order valence-corrected chi connectivity index (χ4v) is 3.30. The summed E-state index contributed by atoms with van der Waals surface area (Å²) in [5.74, 6) is 0. The Morgan fingerprint density at radius 1 is 0.708 bits per heavy atom. The number of hydrogen-bond donors (Lipinski definition) is 1. The maximum absolute atomic E-state index is 5.84. The molecule has 0 bridgehead atoms. The van der Waals surface area contributed by atoms with Gasteiger partial charge in [0.15, 0.2) is 0 Å². The highest BCUT2D eigenvalue weighted by Gasteiger charge is 2.11. The fourth-order valence-electron chi connectivity index (χ4n) is 3.30. The number of pyridine rings is 1. The van der Waals surface area contributed by atoms with Gasteiger partial charge in [-0.2, -0.15) is 0 Å². The fraction of sp³-hybridized carbons (Fsp3) is 0.0909. The lowest BCUT2D eigenvalue weighted by Crippen LogP contribution is -2.06. The maximum Gasteiger partial charge on any atom is 0.0459 e. The number of fused-ring (bicyclic) bond motifs is 1. The van der Waals surface area contributed by atoms with Crippen molar-refractivity contribution in [3.8, 4) is 22.3 Å². The molecule has 0 saturated carbocycles. The van der Waals surface area contributed by atoms with Crippen LogP contribution in [0.4, 0.5) is 0 Å². The van der Waals surface area contributed by atoms with Gasteiger partial charge < -0.3 is 10.1 Å². The standard InChI is InChI=1S/C22H20N2/c23-14-13-22-21(16-20-8-4-5-15-24(20)22)19-11-9-18(10-12-19)17-6-2-1-3-7-17/h1-12,15-16H,13-14,23H2. The van der Waals surface area contributed by atoms with Crippen LogP contribution >= 0.6 is 0 Å². The molecule has 4 aromatic rings. The Labute approximate surface area is 142 Å². The summed E-state index contributed by atoms with van der Waals surface area (Å²) in [7, 11) is 0. The van der Waals surface area contributed by atoms with Gasteiger partial charge >= 0.3 is 0 Å². The highest BCUT2D eigenvalue weighted by Crippen LogP contribution is 2.30. The van der Waals surface area contributed by atoms with Gasteiger partial charge in [-0.05, 0) is 41.4 Å². The molecule has 0 aliphatic rings. The third-order valence-corrected chi connectivity index (χ3v) is 4.47. The zero-order chi connectivity index (χ0) is 16.4. The molecule has 0 radical (unpaired) electrons. The minimum absolute atomic E-state index is 0.649. The van der Waals surface area contributed by atoms with Crippen LogP contribution in [-0.4, -0.2) is 10.9 Å². The van der Waals surface area contributed by atoms with Crippen molar-refractivity contribution in [2.24, 2.45) is 5.73 Å². The molecule has 2 N–H and O–H groups in total. The molecule has 0 aliphatic carbocycles. The quantitative estimate of drug-likeness (QED) is 0.578. The van der Waals surface area contributed by atoms with Gasteiger partial charge in [0, 0.05) is 29.4 Å². The largest absolute Gasteiger partial charge is 0.330 e. The number of hydrogen-bond acceptors (Lipinski definition) is 1. The lowest BCUT2D eigenvalue weighted by atomic mass is 10.00. The van der Waals surface area contributed by atoms with Crippen LogP contribution in [0.15, 0.2) is 85.1 Å². The molecule has 2 aromatic carbocycles. The molecule has 0 fully saturated rings. The lowest BCUT2D eigenvalue weighted by molar-refractivity contribution is 0.907. The second-order valence-electron chi connectivity index (χ2n) is 5.98.